The van der Waals surface area contributed by atoms with Crippen molar-refractivity contribution >= 4 is 40.9 Å². The van der Waals surface area contributed by atoms with E-state index in [9.17, 15) is 9.18 Å². The SMILES string of the molecule is CNC(=O)Nc1c(Nc2cc(C)nc(-c3cc(Cl)ccc3F)c2)ccnc1C=N. The van der Waals surface area contributed by atoms with Crippen molar-refractivity contribution in [1.29, 1.82) is 5.41 Å². The number of anilines is 3. The molecule has 3 rings (SSSR count). The van der Waals surface area contributed by atoms with E-state index in [0.717, 1.165) is 6.21 Å². The van der Waals surface area contributed by atoms with Crippen LogP contribution in [0.3, 0.4) is 0 Å². The van der Waals surface area contributed by atoms with Crippen molar-refractivity contribution in [1.82, 2.24) is 15.3 Å². The van der Waals surface area contributed by atoms with Gasteiger partial charge in [0.25, 0.3) is 0 Å². The van der Waals surface area contributed by atoms with Crippen molar-refractivity contribution in [2.24, 2.45) is 0 Å². The van der Waals surface area contributed by atoms with Crippen molar-refractivity contribution in [3.05, 3.63) is 64.8 Å². The molecule has 0 aliphatic heterocycles. The van der Waals surface area contributed by atoms with Crippen LogP contribution in [0.25, 0.3) is 11.3 Å². The lowest BCUT2D eigenvalue weighted by molar-refractivity contribution is 0.254. The number of nitrogens with one attached hydrogen (secondary N) is 4. The number of hydrogen-bond acceptors (Lipinski definition) is 5. The van der Waals surface area contributed by atoms with E-state index in [0.29, 0.717) is 33.5 Å². The average molecular weight is 413 g/mol. The Bertz CT molecular complexity index is 1090. The molecule has 9 heteroatoms. The number of aryl methyl sites for hydroxylation is 1. The van der Waals surface area contributed by atoms with Gasteiger partial charge in [0.05, 0.1) is 17.1 Å². The first-order chi connectivity index (χ1) is 13.9. The molecule has 7 nitrogen and oxygen atoms in total. The minimum Gasteiger partial charge on any atom is -0.354 e. The Balaban J connectivity index is 2.03. The third kappa shape index (κ3) is 4.67. The van der Waals surface area contributed by atoms with Gasteiger partial charge in [-0.15, -0.1) is 0 Å². The zero-order valence-electron chi connectivity index (χ0n) is 15.7. The molecule has 0 fully saturated rings. The summed E-state index contributed by atoms with van der Waals surface area (Å²) in [6.07, 6.45) is 2.56. The number of aromatic nitrogens is 2. The van der Waals surface area contributed by atoms with Crippen LogP contribution in [0.1, 0.15) is 11.4 Å². The van der Waals surface area contributed by atoms with Crippen LogP contribution in [0, 0.1) is 18.2 Å². The first-order valence-corrected chi connectivity index (χ1v) is 8.98. The van der Waals surface area contributed by atoms with E-state index in [2.05, 4.69) is 25.9 Å². The van der Waals surface area contributed by atoms with Gasteiger partial charge < -0.3 is 21.4 Å². The van der Waals surface area contributed by atoms with Crippen molar-refractivity contribution in [2.45, 2.75) is 6.92 Å². The van der Waals surface area contributed by atoms with E-state index in [1.807, 2.05) is 0 Å². The van der Waals surface area contributed by atoms with Gasteiger partial charge in [-0.25, -0.2) is 9.18 Å². The number of rotatable bonds is 5. The number of amides is 2. The predicted octanol–water partition coefficient (Wildman–Crippen LogP) is 4.74. The summed E-state index contributed by atoms with van der Waals surface area (Å²) in [6, 6.07) is 8.95. The predicted molar refractivity (Wildman–Crippen MR) is 113 cm³/mol. The van der Waals surface area contributed by atoms with Crippen LogP contribution in [0.2, 0.25) is 5.02 Å². The molecule has 29 heavy (non-hydrogen) atoms. The molecule has 0 atom stereocenters. The molecule has 148 valence electrons. The van der Waals surface area contributed by atoms with Gasteiger partial charge in [-0.05, 0) is 43.3 Å². The van der Waals surface area contributed by atoms with Crippen LogP contribution in [-0.4, -0.2) is 29.3 Å². The Morgan fingerprint density at radius 3 is 2.76 bits per heavy atom. The van der Waals surface area contributed by atoms with E-state index in [4.69, 9.17) is 17.0 Å². The average Bonchev–Trinajstić information content (AvgIpc) is 2.70. The van der Waals surface area contributed by atoms with Crippen LogP contribution in [0.15, 0.2) is 42.6 Å². The van der Waals surface area contributed by atoms with Crippen LogP contribution in [0.5, 0.6) is 0 Å². The first-order valence-electron chi connectivity index (χ1n) is 8.60. The van der Waals surface area contributed by atoms with E-state index in [1.54, 1.807) is 25.1 Å². The number of halogens is 2. The van der Waals surface area contributed by atoms with Gasteiger partial charge in [-0.1, -0.05) is 11.6 Å². The monoisotopic (exact) mass is 412 g/mol. The zero-order chi connectivity index (χ0) is 21.0. The molecule has 0 spiro atoms. The highest BCUT2D eigenvalue weighted by molar-refractivity contribution is 6.30. The number of pyridine rings is 2. The Kier molecular flexibility index (Phi) is 6.04. The van der Waals surface area contributed by atoms with Crippen molar-refractivity contribution in [3.63, 3.8) is 0 Å². The summed E-state index contributed by atoms with van der Waals surface area (Å²) in [7, 11) is 1.49. The molecule has 0 bridgehead atoms. The van der Waals surface area contributed by atoms with E-state index in [1.165, 1.54) is 31.4 Å². The van der Waals surface area contributed by atoms with Crippen LogP contribution >= 0.6 is 11.6 Å². The number of carbonyl (C=O) groups excluding carboxylic acids is 1. The maximum Gasteiger partial charge on any atom is 0.319 e. The minimum atomic E-state index is -0.447. The number of benzene rings is 1. The lowest BCUT2D eigenvalue weighted by Crippen LogP contribution is -2.25. The molecule has 0 aliphatic carbocycles. The quantitative estimate of drug-likeness (QED) is 0.454. The number of urea groups is 1. The second-order valence-electron chi connectivity index (χ2n) is 6.10. The van der Waals surface area contributed by atoms with Gasteiger partial charge in [0.15, 0.2) is 0 Å². The van der Waals surface area contributed by atoms with E-state index in [-0.39, 0.29) is 11.3 Å². The standard InChI is InChI=1S/C20H18ClFN6O/c1-11-7-13(9-17(26-11)14-8-12(21)3-4-15(14)22)27-16-5-6-25-18(10-23)19(16)28-20(29)24-2/h3-10,23H,1-2H3,(H2,24,28,29)(H,25,26,27). The molecule has 3 aromatic rings. The largest absolute Gasteiger partial charge is 0.354 e. The van der Waals surface area contributed by atoms with Crippen LogP contribution in [-0.2, 0) is 0 Å². The molecule has 0 radical (unpaired) electrons. The van der Waals surface area contributed by atoms with Crippen molar-refractivity contribution in [2.75, 3.05) is 17.7 Å². The lowest BCUT2D eigenvalue weighted by Gasteiger charge is -2.16. The Morgan fingerprint density at radius 1 is 1.24 bits per heavy atom. The summed E-state index contributed by atoms with van der Waals surface area (Å²) in [6.45, 7) is 1.79. The third-order valence-corrected chi connectivity index (χ3v) is 4.25. The van der Waals surface area contributed by atoms with Gasteiger partial charge in [0.1, 0.15) is 11.5 Å². The first kappa shape index (κ1) is 20.2. The van der Waals surface area contributed by atoms with Gasteiger partial charge in [-0.2, -0.15) is 0 Å². The van der Waals surface area contributed by atoms with Gasteiger partial charge >= 0.3 is 6.03 Å². The summed E-state index contributed by atoms with van der Waals surface area (Å²) >= 11 is 6.01. The topological polar surface area (TPSA) is 103 Å². The summed E-state index contributed by atoms with van der Waals surface area (Å²) < 4.78 is 14.3. The molecule has 1 aromatic carbocycles. The van der Waals surface area contributed by atoms with Gasteiger partial charge in [0.2, 0.25) is 0 Å². The van der Waals surface area contributed by atoms with E-state index >= 15 is 0 Å². The molecule has 0 aliphatic rings. The maximum absolute atomic E-state index is 14.3. The van der Waals surface area contributed by atoms with Crippen LogP contribution < -0.4 is 16.0 Å². The molecular formula is C20H18ClFN6O. The molecule has 0 unspecified atom stereocenters. The normalized spacial score (nSPS) is 10.3. The maximum atomic E-state index is 14.3. The Hall–Kier alpha value is -3.52. The fraction of sp³-hybridized carbons (Fsp3) is 0.100. The lowest BCUT2D eigenvalue weighted by atomic mass is 10.1. The minimum absolute atomic E-state index is 0.280. The summed E-state index contributed by atoms with van der Waals surface area (Å²) in [5.41, 5.74) is 3.11. The number of carbonyl (C=O) groups is 1. The second-order valence-corrected chi connectivity index (χ2v) is 6.54. The fourth-order valence-electron chi connectivity index (χ4n) is 2.73. The number of hydrogen-bond donors (Lipinski definition) is 4. The fourth-order valence-corrected chi connectivity index (χ4v) is 2.90. The molecule has 2 heterocycles. The van der Waals surface area contributed by atoms with Crippen molar-refractivity contribution < 1.29 is 9.18 Å². The Morgan fingerprint density at radius 2 is 2.03 bits per heavy atom. The molecule has 0 saturated carbocycles. The summed E-state index contributed by atoms with van der Waals surface area (Å²) in [5, 5.41) is 16.2. The molecular weight excluding hydrogens is 395 g/mol. The van der Waals surface area contributed by atoms with Crippen molar-refractivity contribution in [3.8, 4) is 11.3 Å². The third-order valence-electron chi connectivity index (χ3n) is 4.02. The van der Waals surface area contributed by atoms with Gasteiger partial charge in [0, 0.05) is 41.4 Å². The van der Waals surface area contributed by atoms with Crippen LogP contribution in [0.4, 0.5) is 26.2 Å². The highest BCUT2D eigenvalue weighted by Crippen LogP contribution is 2.31. The summed E-state index contributed by atoms with van der Waals surface area (Å²) in [4.78, 5) is 20.3. The molecule has 2 aromatic heterocycles. The smallest absolute Gasteiger partial charge is 0.319 e. The molecule has 4 N–H and O–H groups in total. The molecule has 0 saturated heterocycles. The zero-order valence-corrected chi connectivity index (χ0v) is 16.4. The number of nitrogens with zero attached hydrogens (tertiary/aromatic N) is 2. The van der Waals surface area contributed by atoms with Gasteiger partial charge in [-0.3, -0.25) is 9.97 Å². The molecule has 2 amide bonds. The van der Waals surface area contributed by atoms with E-state index < -0.39 is 11.8 Å². The second kappa shape index (κ2) is 8.66. The summed E-state index contributed by atoms with van der Waals surface area (Å²) in [5.74, 6) is -0.435. The highest BCUT2D eigenvalue weighted by Gasteiger charge is 2.14. The Labute approximate surface area is 171 Å². The highest BCUT2D eigenvalue weighted by atomic mass is 35.5.